The molecule has 27 heavy (non-hydrogen) atoms. The molecule has 4 rings (SSSR count). The van der Waals surface area contributed by atoms with E-state index in [-0.39, 0.29) is 12.5 Å². The first-order valence-corrected chi connectivity index (χ1v) is 9.37. The molecule has 1 amide bonds. The number of nitrogens with one attached hydrogen (secondary N) is 1. The highest BCUT2D eigenvalue weighted by molar-refractivity contribution is 7.22. The molecular formula is C20H15ClN2O3S. The standard InChI is InChI=1S/C20H15ClN2O3S/c1-25-17-10-18-16(9-15(17)21)22-20(27-18)23-19(24)11-26-14-7-6-12-4-2-3-5-13(12)8-14/h2-10H,11H2,1H3,(H,22,23,24). The summed E-state index contributed by atoms with van der Waals surface area (Å²) in [6.07, 6.45) is 0. The molecule has 1 N–H and O–H groups in total. The second-order valence-corrected chi connectivity index (χ2v) is 7.26. The minimum Gasteiger partial charge on any atom is -0.495 e. The summed E-state index contributed by atoms with van der Waals surface area (Å²) in [6, 6.07) is 17.2. The Morgan fingerprint density at radius 3 is 2.78 bits per heavy atom. The van der Waals surface area contributed by atoms with Crippen LogP contribution in [-0.2, 0) is 4.79 Å². The fraction of sp³-hybridized carbons (Fsp3) is 0.100. The smallest absolute Gasteiger partial charge is 0.264 e. The highest BCUT2D eigenvalue weighted by atomic mass is 35.5. The van der Waals surface area contributed by atoms with Gasteiger partial charge in [0.2, 0.25) is 0 Å². The maximum absolute atomic E-state index is 12.2. The van der Waals surface area contributed by atoms with Gasteiger partial charge in [0.05, 0.1) is 22.3 Å². The van der Waals surface area contributed by atoms with Gasteiger partial charge in [0.1, 0.15) is 11.5 Å². The molecule has 4 aromatic rings. The molecule has 5 nitrogen and oxygen atoms in total. The Kier molecular flexibility index (Phi) is 4.83. The van der Waals surface area contributed by atoms with E-state index < -0.39 is 0 Å². The molecule has 0 bridgehead atoms. The fourth-order valence-electron chi connectivity index (χ4n) is 2.70. The number of nitrogens with zero attached hydrogens (tertiary/aromatic N) is 1. The predicted molar refractivity (Wildman–Crippen MR) is 109 cm³/mol. The monoisotopic (exact) mass is 398 g/mol. The van der Waals surface area contributed by atoms with Crippen molar-refractivity contribution in [3.05, 3.63) is 59.6 Å². The van der Waals surface area contributed by atoms with Gasteiger partial charge >= 0.3 is 0 Å². The van der Waals surface area contributed by atoms with Crippen LogP contribution < -0.4 is 14.8 Å². The summed E-state index contributed by atoms with van der Waals surface area (Å²) in [7, 11) is 1.56. The van der Waals surface area contributed by atoms with Crippen molar-refractivity contribution in [2.45, 2.75) is 0 Å². The lowest BCUT2D eigenvalue weighted by Gasteiger charge is -2.07. The highest BCUT2D eigenvalue weighted by Crippen LogP contribution is 2.34. The summed E-state index contributed by atoms with van der Waals surface area (Å²) in [5, 5.41) is 5.91. The zero-order valence-electron chi connectivity index (χ0n) is 14.4. The zero-order chi connectivity index (χ0) is 18.8. The fourth-order valence-corrected chi connectivity index (χ4v) is 3.83. The van der Waals surface area contributed by atoms with Crippen LogP contribution in [0.4, 0.5) is 5.13 Å². The minimum absolute atomic E-state index is 0.0989. The number of anilines is 1. The predicted octanol–water partition coefficient (Wildman–Crippen LogP) is 5.13. The molecule has 7 heteroatoms. The molecule has 0 spiro atoms. The third-order valence-electron chi connectivity index (χ3n) is 4.00. The molecule has 0 atom stereocenters. The number of rotatable bonds is 5. The van der Waals surface area contributed by atoms with Gasteiger partial charge < -0.3 is 9.47 Å². The average Bonchev–Trinajstić information content (AvgIpc) is 3.06. The second kappa shape index (κ2) is 7.42. The van der Waals surface area contributed by atoms with E-state index in [1.807, 2.05) is 42.5 Å². The highest BCUT2D eigenvalue weighted by Gasteiger charge is 2.11. The number of halogens is 1. The molecule has 0 saturated heterocycles. The van der Waals surface area contributed by atoms with E-state index >= 15 is 0 Å². The Morgan fingerprint density at radius 1 is 1.15 bits per heavy atom. The molecule has 1 aromatic heterocycles. The molecule has 0 radical (unpaired) electrons. The number of thiazole rings is 1. The van der Waals surface area contributed by atoms with Crippen molar-refractivity contribution >= 4 is 55.0 Å². The SMILES string of the molecule is COc1cc2sc(NC(=O)COc3ccc4ccccc4c3)nc2cc1Cl. The van der Waals surface area contributed by atoms with Crippen molar-refractivity contribution in [3.8, 4) is 11.5 Å². The van der Waals surface area contributed by atoms with Crippen LogP contribution in [0.2, 0.25) is 5.02 Å². The largest absolute Gasteiger partial charge is 0.495 e. The van der Waals surface area contributed by atoms with Crippen LogP contribution in [0.1, 0.15) is 0 Å². The minimum atomic E-state index is -0.278. The maximum Gasteiger partial charge on any atom is 0.264 e. The average molecular weight is 399 g/mol. The van der Waals surface area contributed by atoms with Gasteiger partial charge in [-0.3, -0.25) is 10.1 Å². The van der Waals surface area contributed by atoms with Gasteiger partial charge in [0.15, 0.2) is 11.7 Å². The number of aromatic nitrogens is 1. The molecule has 0 fully saturated rings. The number of fused-ring (bicyclic) bond motifs is 2. The lowest BCUT2D eigenvalue weighted by molar-refractivity contribution is -0.118. The summed E-state index contributed by atoms with van der Waals surface area (Å²) >= 11 is 7.46. The third-order valence-corrected chi connectivity index (χ3v) is 5.23. The summed E-state index contributed by atoms with van der Waals surface area (Å²) in [6.45, 7) is -0.0989. The normalized spacial score (nSPS) is 10.9. The third kappa shape index (κ3) is 3.82. The number of hydrogen-bond donors (Lipinski definition) is 1. The molecule has 3 aromatic carbocycles. The molecule has 0 unspecified atom stereocenters. The van der Waals surface area contributed by atoms with Crippen molar-refractivity contribution in [2.75, 3.05) is 19.0 Å². The van der Waals surface area contributed by atoms with E-state index in [0.717, 1.165) is 15.5 Å². The Balaban J connectivity index is 1.43. The van der Waals surface area contributed by atoms with Crippen LogP contribution in [0.25, 0.3) is 21.0 Å². The summed E-state index contributed by atoms with van der Waals surface area (Å²) in [4.78, 5) is 16.6. The maximum atomic E-state index is 12.2. The first-order valence-electron chi connectivity index (χ1n) is 8.18. The number of carbonyl (C=O) groups excluding carboxylic acids is 1. The van der Waals surface area contributed by atoms with Crippen molar-refractivity contribution < 1.29 is 14.3 Å². The summed E-state index contributed by atoms with van der Waals surface area (Å²) in [5.74, 6) is 0.940. The number of amides is 1. The first kappa shape index (κ1) is 17.6. The van der Waals surface area contributed by atoms with E-state index in [4.69, 9.17) is 21.1 Å². The molecule has 0 saturated carbocycles. The number of benzene rings is 3. The van der Waals surface area contributed by atoms with Gasteiger partial charge in [-0.2, -0.15) is 0 Å². The topological polar surface area (TPSA) is 60.5 Å². The van der Waals surface area contributed by atoms with Gasteiger partial charge in [-0.25, -0.2) is 4.98 Å². The molecule has 0 aliphatic heterocycles. The number of hydrogen-bond acceptors (Lipinski definition) is 5. The summed E-state index contributed by atoms with van der Waals surface area (Å²) < 4.78 is 11.7. The van der Waals surface area contributed by atoms with Crippen LogP contribution in [0.3, 0.4) is 0 Å². The molecule has 136 valence electrons. The van der Waals surface area contributed by atoms with Crippen LogP contribution in [0.15, 0.2) is 54.6 Å². The van der Waals surface area contributed by atoms with E-state index in [1.165, 1.54) is 11.3 Å². The first-order chi connectivity index (χ1) is 13.1. The lowest BCUT2D eigenvalue weighted by Crippen LogP contribution is -2.19. The van der Waals surface area contributed by atoms with Crippen molar-refractivity contribution in [1.29, 1.82) is 0 Å². The molecule has 1 heterocycles. The second-order valence-electron chi connectivity index (χ2n) is 5.82. The number of ether oxygens (including phenoxy) is 2. The van der Waals surface area contributed by atoms with Gasteiger partial charge in [0.25, 0.3) is 5.91 Å². The molecular weight excluding hydrogens is 384 g/mol. The van der Waals surface area contributed by atoms with Gasteiger partial charge in [0, 0.05) is 6.07 Å². The van der Waals surface area contributed by atoms with Crippen LogP contribution >= 0.6 is 22.9 Å². The molecule has 0 aliphatic rings. The van der Waals surface area contributed by atoms with E-state index in [1.54, 1.807) is 19.2 Å². The van der Waals surface area contributed by atoms with Crippen molar-refractivity contribution in [2.24, 2.45) is 0 Å². The quantitative estimate of drug-likeness (QED) is 0.506. The van der Waals surface area contributed by atoms with Crippen LogP contribution in [0, 0.1) is 0 Å². The van der Waals surface area contributed by atoms with Crippen LogP contribution in [-0.4, -0.2) is 24.6 Å². The zero-order valence-corrected chi connectivity index (χ0v) is 15.9. The van der Waals surface area contributed by atoms with Gasteiger partial charge in [-0.15, -0.1) is 0 Å². The van der Waals surface area contributed by atoms with E-state index in [0.29, 0.717) is 27.2 Å². The van der Waals surface area contributed by atoms with Crippen LogP contribution in [0.5, 0.6) is 11.5 Å². The van der Waals surface area contributed by atoms with Gasteiger partial charge in [-0.1, -0.05) is 53.3 Å². The Labute approximate surface area is 164 Å². The summed E-state index contributed by atoms with van der Waals surface area (Å²) in [5.41, 5.74) is 0.705. The molecule has 0 aliphatic carbocycles. The Hall–Kier alpha value is -2.83. The Morgan fingerprint density at radius 2 is 1.96 bits per heavy atom. The van der Waals surface area contributed by atoms with Crippen molar-refractivity contribution in [3.63, 3.8) is 0 Å². The van der Waals surface area contributed by atoms with Gasteiger partial charge in [-0.05, 0) is 29.0 Å². The van der Waals surface area contributed by atoms with Crippen molar-refractivity contribution in [1.82, 2.24) is 4.98 Å². The lowest BCUT2D eigenvalue weighted by atomic mass is 10.1. The Bertz CT molecular complexity index is 1140. The number of carbonyl (C=O) groups is 1. The number of methoxy groups -OCH3 is 1. The van der Waals surface area contributed by atoms with E-state index in [9.17, 15) is 4.79 Å². The van der Waals surface area contributed by atoms with E-state index in [2.05, 4.69) is 10.3 Å².